The summed E-state index contributed by atoms with van der Waals surface area (Å²) in [5.74, 6) is 1.81. The van der Waals surface area contributed by atoms with Crippen LogP contribution in [0.3, 0.4) is 0 Å². The molecule has 3 heterocycles. The zero-order valence-electron chi connectivity index (χ0n) is 16.7. The largest absolute Gasteiger partial charge is 0.493 e. The topological polar surface area (TPSA) is 70.7 Å². The van der Waals surface area contributed by atoms with E-state index < -0.39 is 0 Å². The fraction of sp³-hybridized carbons (Fsp3) is 0.600. The van der Waals surface area contributed by atoms with E-state index in [1.807, 2.05) is 11.8 Å². The molecule has 0 radical (unpaired) electrons. The zero-order valence-corrected chi connectivity index (χ0v) is 17.6. The van der Waals surface area contributed by atoms with Crippen LogP contribution in [0.2, 0.25) is 0 Å². The maximum atomic E-state index is 12.6. The highest BCUT2D eigenvalue weighted by molar-refractivity contribution is 7.99. The van der Waals surface area contributed by atoms with Crippen LogP contribution < -0.4 is 15.0 Å². The molecule has 1 aromatic carbocycles. The number of hydrogen-bond donors (Lipinski definition) is 1. The lowest BCUT2D eigenvalue weighted by molar-refractivity contribution is 0.229. The van der Waals surface area contributed by atoms with Crippen LogP contribution in [-0.2, 0) is 6.54 Å². The Morgan fingerprint density at radius 3 is 2.57 bits per heavy atom. The van der Waals surface area contributed by atoms with Crippen molar-refractivity contribution in [3.05, 3.63) is 28.3 Å². The second-order valence-corrected chi connectivity index (χ2v) is 8.59. The molecular weight excluding hydrogens is 376 g/mol. The predicted molar refractivity (Wildman–Crippen MR) is 113 cm³/mol. The summed E-state index contributed by atoms with van der Waals surface area (Å²) in [6.45, 7) is 5.13. The van der Waals surface area contributed by atoms with Crippen LogP contribution in [0.4, 0.5) is 0 Å². The van der Waals surface area contributed by atoms with Crippen LogP contribution in [0, 0.1) is 0 Å². The molecule has 0 bridgehead atoms. The normalized spacial score (nSPS) is 23.5. The lowest BCUT2D eigenvalue weighted by atomic mass is 10.2. The lowest BCUT2D eigenvalue weighted by Crippen LogP contribution is -2.40. The first kappa shape index (κ1) is 19.5. The Hall–Kier alpha value is -1.77. The Morgan fingerprint density at radius 1 is 1.18 bits per heavy atom. The van der Waals surface area contributed by atoms with Crippen molar-refractivity contribution in [3.8, 4) is 11.5 Å². The maximum absolute atomic E-state index is 12.6. The molecule has 1 aromatic heterocycles. The molecule has 0 amide bonds. The molecule has 28 heavy (non-hydrogen) atoms. The van der Waals surface area contributed by atoms with E-state index in [2.05, 4.69) is 21.0 Å². The number of aromatic nitrogens is 2. The van der Waals surface area contributed by atoms with Crippen molar-refractivity contribution in [3.63, 3.8) is 0 Å². The number of rotatable bonds is 6. The first-order chi connectivity index (χ1) is 13.6. The average Bonchev–Trinajstić information content (AvgIpc) is 3.36. The van der Waals surface area contributed by atoms with Crippen LogP contribution in [0.5, 0.6) is 11.5 Å². The summed E-state index contributed by atoms with van der Waals surface area (Å²) in [6.07, 6.45) is 4.82. The van der Waals surface area contributed by atoms with Crippen molar-refractivity contribution in [1.82, 2.24) is 19.8 Å². The van der Waals surface area contributed by atoms with Gasteiger partial charge in [0.15, 0.2) is 11.5 Å². The minimum Gasteiger partial charge on any atom is -0.493 e. The highest BCUT2D eigenvalue weighted by atomic mass is 32.2. The van der Waals surface area contributed by atoms with Gasteiger partial charge in [0.2, 0.25) is 0 Å². The number of fused-ring (bicyclic) bond motifs is 1. The number of likely N-dealkylation sites (tertiary alicyclic amines) is 2. The second kappa shape index (κ2) is 8.31. The molecule has 2 aliphatic heterocycles. The number of H-pyrrole nitrogens is 1. The number of hydrogen-bond acceptors (Lipinski definition) is 7. The Labute approximate surface area is 169 Å². The number of thioether (sulfide) groups is 1. The van der Waals surface area contributed by atoms with Crippen LogP contribution in [0.1, 0.15) is 18.7 Å². The van der Waals surface area contributed by atoms with E-state index in [0.717, 1.165) is 13.1 Å². The fourth-order valence-electron chi connectivity index (χ4n) is 4.42. The lowest BCUT2D eigenvalue weighted by Gasteiger charge is -2.27. The van der Waals surface area contributed by atoms with Gasteiger partial charge in [-0.1, -0.05) is 0 Å². The summed E-state index contributed by atoms with van der Waals surface area (Å²) in [4.78, 5) is 25.3. The van der Waals surface area contributed by atoms with Gasteiger partial charge >= 0.3 is 0 Å². The van der Waals surface area contributed by atoms with Crippen molar-refractivity contribution in [2.24, 2.45) is 0 Å². The van der Waals surface area contributed by atoms with Crippen molar-refractivity contribution in [1.29, 1.82) is 0 Å². The van der Waals surface area contributed by atoms with Crippen LogP contribution >= 0.6 is 11.8 Å². The van der Waals surface area contributed by atoms with Crippen LogP contribution in [0.15, 0.2) is 16.9 Å². The number of nitrogens with zero attached hydrogens (tertiary/aromatic N) is 3. The molecule has 2 fully saturated rings. The zero-order chi connectivity index (χ0) is 19.7. The van der Waals surface area contributed by atoms with Crippen LogP contribution in [0.25, 0.3) is 10.9 Å². The van der Waals surface area contributed by atoms with Gasteiger partial charge < -0.3 is 14.5 Å². The van der Waals surface area contributed by atoms with E-state index in [9.17, 15) is 4.79 Å². The van der Waals surface area contributed by atoms with Gasteiger partial charge in [0, 0.05) is 30.4 Å². The molecular formula is C20H28N4O3S. The van der Waals surface area contributed by atoms with Crippen molar-refractivity contribution >= 4 is 22.7 Å². The van der Waals surface area contributed by atoms with E-state index in [1.54, 1.807) is 26.4 Å². The summed E-state index contributed by atoms with van der Waals surface area (Å²) < 4.78 is 10.7. The van der Waals surface area contributed by atoms with Gasteiger partial charge in [-0.05, 0) is 38.3 Å². The van der Waals surface area contributed by atoms with Crippen LogP contribution in [-0.4, -0.2) is 77.7 Å². The first-order valence-electron chi connectivity index (χ1n) is 9.77. The average molecular weight is 405 g/mol. The molecule has 0 unspecified atom stereocenters. The van der Waals surface area contributed by atoms with Gasteiger partial charge in [-0.25, -0.2) is 4.98 Å². The standard InChI is InChI=1S/C20H28N4O3S/c1-26-16-8-13-14(9-17(16)27-2)21-19(22-20(13)25)12-23-10-15(18(11-23)28-3)24-6-4-5-7-24/h8-9,15,18H,4-7,10-12H2,1-3H3,(H,21,22,25)/t15-,18+/m1/s1. The molecule has 4 rings (SSSR count). The summed E-state index contributed by atoms with van der Waals surface area (Å²) in [5.41, 5.74) is 0.491. The second-order valence-electron chi connectivity index (χ2n) is 7.52. The Kier molecular flexibility index (Phi) is 5.80. The molecule has 152 valence electrons. The van der Waals surface area contributed by atoms with E-state index in [-0.39, 0.29) is 5.56 Å². The summed E-state index contributed by atoms with van der Waals surface area (Å²) in [5, 5.41) is 1.12. The Bertz CT molecular complexity index is 897. The first-order valence-corrected chi connectivity index (χ1v) is 11.1. The highest BCUT2D eigenvalue weighted by Gasteiger charge is 2.37. The highest BCUT2D eigenvalue weighted by Crippen LogP contribution is 2.31. The molecule has 7 nitrogen and oxygen atoms in total. The summed E-state index contributed by atoms with van der Waals surface area (Å²) in [6, 6.07) is 4.05. The number of benzene rings is 1. The van der Waals surface area contributed by atoms with Crippen molar-refractivity contribution in [2.75, 3.05) is 46.7 Å². The van der Waals surface area contributed by atoms with Gasteiger partial charge in [0.05, 0.1) is 31.7 Å². The molecule has 1 N–H and O–H groups in total. The smallest absolute Gasteiger partial charge is 0.258 e. The SMILES string of the molecule is COc1cc2nc(CN3C[C@H](SC)[C@H](N4CCCC4)C3)[nH]c(=O)c2cc1OC. The maximum Gasteiger partial charge on any atom is 0.258 e. The predicted octanol–water partition coefficient (Wildman–Crippen LogP) is 1.95. The monoisotopic (exact) mass is 404 g/mol. The fourth-order valence-corrected chi connectivity index (χ4v) is 5.35. The van der Waals surface area contributed by atoms with Gasteiger partial charge in [-0.2, -0.15) is 11.8 Å². The Balaban J connectivity index is 1.57. The third-order valence-corrected chi connectivity index (χ3v) is 6.93. The number of ether oxygens (including phenoxy) is 2. The van der Waals surface area contributed by atoms with E-state index >= 15 is 0 Å². The molecule has 0 saturated carbocycles. The van der Waals surface area contributed by atoms with E-state index in [4.69, 9.17) is 14.5 Å². The minimum absolute atomic E-state index is 0.141. The molecule has 2 atom stereocenters. The van der Waals surface area contributed by atoms with E-state index in [0.29, 0.717) is 46.1 Å². The third kappa shape index (κ3) is 3.73. The van der Waals surface area contributed by atoms with Crippen molar-refractivity contribution < 1.29 is 9.47 Å². The summed E-state index contributed by atoms with van der Waals surface area (Å²) >= 11 is 1.95. The molecule has 0 aliphatic carbocycles. The van der Waals surface area contributed by atoms with Gasteiger partial charge in [0.1, 0.15) is 5.82 Å². The third-order valence-electron chi connectivity index (χ3n) is 5.86. The number of methoxy groups -OCH3 is 2. The minimum atomic E-state index is -0.141. The molecule has 0 spiro atoms. The number of nitrogens with one attached hydrogen (secondary N) is 1. The number of aromatic amines is 1. The van der Waals surface area contributed by atoms with Gasteiger partial charge in [0.25, 0.3) is 5.56 Å². The van der Waals surface area contributed by atoms with Gasteiger partial charge in [-0.3, -0.25) is 14.6 Å². The molecule has 8 heteroatoms. The van der Waals surface area contributed by atoms with Gasteiger partial charge in [-0.15, -0.1) is 0 Å². The molecule has 2 saturated heterocycles. The quantitative estimate of drug-likeness (QED) is 0.789. The van der Waals surface area contributed by atoms with E-state index in [1.165, 1.54) is 25.9 Å². The molecule has 2 aromatic rings. The van der Waals surface area contributed by atoms with Crippen molar-refractivity contribution in [2.45, 2.75) is 30.7 Å². The molecule has 2 aliphatic rings. The Morgan fingerprint density at radius 2 is 1.89 bits per heavy atom. The summed E-state index contributed by atoms with van der Waals surface area (Å²) in [7, 11) is 3.15.